The van der Waals surface area contributed by atoms with Gasteiger partial charge in [-0.15, -0.1) is 0 Å². The quantitative estimate of drug-likeness (QED) is 0.761. The third-order valence-corrected chi connectivity index (χ3v) is 3.56. The fourth-order valence-electron chi connectivity index (χ4n) is 2.62. The zero-order valence-corrected chi connectivity index (χ0v) is 10.3. The van der Waals surface area contributed by atoms with Crippen molar-refractivity contribution in [2.75, 3.05) is 5.32 Å². The topological polar surface area (TPSA) is 67.4 Å². The van der Waals surface area contributed by atoms with Crippen LogP contribution in [0.15, 0.2) is 48.5 Å². The molecule has 2 amide bonds. The maximum Gasteiger partial charge on any atom is 0.295 e. The molecule has 0 fully saturated rings. The molecule has 1 atom stereocenters. The number of carbonyl (C=O) groups excluding carboxylic acids is 2. The van der Waals surface area contributed by atoms with Crippen LogP contribution in [0.5, 0.6) is 5.75 Å². The van der Waals surface area contributed by atoms with Gasteiger partial charge in [0.2, 0.25) is 0 Å². The first-order valence-corrected chi connectivity index (χ1v) is 6.22. The van der Waals surface area contributed by atoms with Gasteiger partial charge in [-0.1, -0.05) is 30.3 Å². The van der Waals surface area contributed by atoms with Crippen molar-refractivity contribution in [2.24, 2.45) is 0 Å². The zero-order chi connectivity index (χ0) is 13.7. The smallest absolute Gasteiger partial charge is 0.295 e. The minimum Gasteiger partial charge on any atom is -0.453 e. The summed E-state index contributed by atoms with van der Waals surface area (Å²) in [6.45, 7) is 0. The predicted molar refractivity (Wildman–Crippen MR) is 71.3 cm³/mol. The van der Waals surface area contributed by atoms with E-state index >= 15 is 0 Å². The van der Waals surface area contributed by atoms with E-state index in [9.17, 15) is 9.59 Å². The molecule has 0 saturated heterocycles. The molecule has 0 unspecified atom stereocenters. The summed E-state index contributed by atoms with van der Waals surface area (Å²) in [5.74, 6) is -0.302. The summed E-state index contributed by atoms with van der Waals surface area (Å²) in [6, 6.07) is 14.0. The van der Waals surface area contributed by atoms with Crippen molar-refractivity contribution < 1.29 is 14.3 Å². The number of rotatable bonds is 0. The van der Waals surface area contributed by atoms with Crippen LogP contribution >= 0.6 is 0 Å². The van der Waals surface area contributed by atoms with Crippen LogP contribution < -0.4 is 15.4 Å². The molecule has 0 saturated carbocycles. The molecule has 0 radical (unpaired) electrons. The van der Waals surface area contributed by atoms with Crippen LogP contribution in [-0.2, 0) is 10.5 Å². The predicted octanol–water partition coefficient (Wildman–Crippen LogP) is 1.61. The molecule has 5 heteroatoms. The number of hydrogen-bond acceptors (Lipinski definition) is 3. The molecule has 0 aliphatic carbocycles. The lowest BCUT2D eigenvalue weighted by atomic mass is 10.0. The number of ether oxygens (including phenoxy) is 1. The Morgan fingerprint density at radius 3 is 2.60 bits per heavy atom. The van der Waals surface area contributed by atoms with E-state index in [1.54, 1.807) is 42.5 Å². The van der Waals surface area contributed by atoms with Crippen LogP contribution in [0.1, 0.15) is 15.9 Å². The SMILES string of the molecule is O=C1N[C@@]2(Oc3ccccc31)C(=O)Nc1ccccc12. The molecule has 0 bridgehead atoms. The Morgan fingerprint density at radius 2 is 1.70 bits per heavy atom. The van der Waals surface area contributed by atoms with Gasteiger partial charge in [-0.05, 0) is 18.2 Å². The van der Waals surface area contributed by atoms with E-state index in [2.05, 4.69) is 10.6 Å². The second kappa shape index (κ2) is 3.60. The van der Waals surface area contributed by atoms with Crippen LogP contribution in [0.4, 0.5) is 5.69 Å². The molecule has 2 N–H and O–H groups in total. The molecular formula is C15H10N2O3. The van der Waals surface area contributed by atoms with Gasteiger partial charge < -0.3 is 15.4 Å². The molecule has 20 heavy (non-hydrogen) atoms. The molecule has 1 spiro atoms. The highest BCUT2D eigenvalue weighted by Gasteiger charge is 2.53. The van der Waals surface area contributed by atoms with Crippen molar-refractivity contribution in [3.63, 3.8) is 0 Å². The Morgan fingerprint density at radius 1 is 0.950 bits per heavy atom. The normalized spacial score (nSPS) is 22.6. The van der Waals surface area contributed by atoms with E-state index in [4.69, 9.17) is 4.74 Å². The van der Waals surface area contributed by atoms with Gasteiger partial charge in [0.25, 0.3) is 17.5 Å². The van der Waals surface area contributed by atoms with E-state index in [0.29, 0.717) is 22.6 Å². The Bertz CT molecular complexity index is 756. The summed E-state index contributed by atoms with van der Waals surface area (Å²) >= 11 is 0. The minimum absolute atomic E-state index is 0.321. The fourth-order valence-corrected chi connectivity index (χ4v) is 2.62. The average molecular weight is 266 g/mol. The minimum atomic E-state index is -1.47. The van der Waals surface area contributed by atoms with Crippen LogP contribution in [-0.4, -0.2) is 11.8 Å². The number of anilines is 1. The van der Waals surface area contributed by atoms with E-state index < -0.39 is 5.72 Å². The van der Waals surface area contributed by atoms with Gasteiger partial charge in [0, 0.05) is 0 Å². The van der Waals surface area contributed by atoms with Crippen LogP contribution in [0.3, 0.4) is 0 Å². The van der Waals surface area contributed by atoms with E-state index in [1.165, 1.54) is 0 Å². The first-order chi connectivity index (χ1) is 9.71. The van der Waals surface area contributed by atoms with E-state index in [1.807, 2.05) is 6.07 Å². The molecule has 0 aromatic heterocycles. The molecule has 2 heterocycles. The summed E-state index contributed by atoms with van der Waals surface area (Å²) in [5, 5.41) is 5.41. The van der Waals surface area contributed by atoms with E-state index in [-0.39, 0.29) is 11.8 Å². The van der Waals surface area contributed by atoms with E-state index in [0.717, 1.165) is 0 Å². The third-order valence-electron chi connectivity index (χ3n) is 3.56. The van der Waals surface area contributed by atoms with Gasteiger partial charge in [-0.3, -0.25) is 9.59 Å². The van der Waals surface area contributed by atoms with Gasteiger partial charge in [0.15, 0.2) is 0 Å². The monoisotopic (exact) mass is 266 g/mol. The van der Waals surface area contributed by atoms with Crippen molar-refractivity contribution in [2.45, 2.75) is 5.72 Å². The van der Waals surface area contributed by atoms with Crippen molar-refractivity contribution in [3.8, 4) is 5.75 Å². The highest BCUT2D eigenvalue weighted by atomic mass is 16.5. The Hall–Kier alpha value is -2.82. The second-order valence-corrected chi connectivity index (χ2v) is 4.73. The first-order valence-electron chi connectivity index (χ1n) is 6.22. The first kappa shape index (κ1) is 11.0. The third kappa shape index (κ3) is 1.26. The number of hydrogen-bond donors (Lipinski definition) is 2. The van der Waals surface area contributed by atoms with Crippen LogP contribution in [0, 0.1) is 0 Å². The fraction of sp³-hybridized carbons (Fsp3) is 0.0667. The van der Waals surface area contributed by atoms with Crippen LogP contribution in [0.25, 0.3) is 0 Å². The number of benzene rings is 2. The van der Waals surface area contributed by atoms with Gasteiger partial charge in [-0.2, -0.15) is 0 Å². The van der Waals surface area contributed by atoms with Crippen LogP contribution in [0.2, 0.25) is 0 Å². The highest BCUT2D eigenvalue weighted by Crippen LogP contribution is 2.41. The lowest BCUT2D eigenvalue weighted by molar-refractivity contribution is -0.133. The summed E-state index contributed by atoms with van der Waals surface area (Å²) in [7, 11) is 0. The number of nitrogens with one attached hydrogen (secondary N) is 2. The van der Waals surface area contributed by atoms with Crippen molar-refractivity contribution in [3.05, 3.63) is 59.7 Å². The number of amides is 2. The molecule has 5 nitrogen and oxygen atoms in total. The largest absolute Gasteiger partial charge is 0.453 e. The lowest BCUT2D eigenvalue weighted by Crippen LogP contribution is -2.57. The van der Waals surface area contributed by atoms with Gasteiger partial charge >= 0.3 is 0 Å². The standard InChI is InChI=1S/C15H10N2O3/c18-13-9-5-1-4-8-12(9)20-15(17-13)10-6-2-3-7-11(10)16-14(15)19/h1-8H,(H,16,19)(H,17,18)/t15-/m0/s1. The van der Waals surface area contributed by atoms with Crippen molar-refractivity contribution in [1.29, 1.82) is 0 Å². The highest BCUT2D eigenvalue weighted by molar-refractivity contribution is 6.10. The summed E-state index contributed by atoms with van der Waals surface area (Å²) < 4.78 is 5.85. The van der Waals surface area contributed by atoms with Crippen molar-refractivity contribution in [1.82, 2.24) is 5.32 Å². The van der Waals surface area contributed by atoms with Gasteiger partial charge in [0.05, 0.1) is 16.8 Å². The Balaban J connectivity index is 1.92. The van der Waals surface area contributed by atoms with Gasteiger partial charge in [0.1, 0.15) is 5.75 Å². The molecule has 2 aromatic carbocycles. The molecular weight excluding hydrogens is 256 g/mol. The molecule has 98 valence electrons. The molecule has 2 aliphatic rings. The zero-order valence-electron chi connectivity index (χ0n) is 10.3. The Labute approximate surface area is 114 Å². The molecule has 2 aliphatic heterocycles. The summed E-state index contributed by atoms with van der Waals surface area (Å²) in [4.78, 5) is 24.5. The number of fused-ring (bicyclic) bond motifs is 3. The maximum atomic E-state index is 12.3. The van der Waals surface area contributed by atoms with Gasteiger partial charge in [-0.25, -0.2) is 0 Å². The second-order valence-electron chi connectivity index (χ2n) is 4.73. The average Bonchev–Trinajstić information content (AvgIpc) is 2.72. The molecule has 4 rings (SSSR count). The number of para-hydroxylation sites is 2. The Kier molecular flexibility index (Phi) is 1.99. The van der Waals surface area contributed by atoms with Crippen molar-refractivity contribution >= 4 is 17.5 Å². The lowest BCUT2D eigenvalue weighted by Gasteiger charge is -2.34. The summed E-state index contributed by atoms with van der Waals surface area (Å²) in [6.07, 6.45) is 0. The maximum absolute atomic E-state index is 12.3. The molecule has 2 aromatic rings. The summed E-state index contributed by atoms with van der Waals surface area (Å²) in [5.41, 5.74) is 0.225. The number of carbonyl (C=O) groups is 2.